The van der Waals surface area contributed by atoms with Gasteiger partial charge in [0.2, 0.25) is 17.7 Å². The average Bonchev–Trinajstić information content (AvgIpc) is 2.35. The van der Waals surface area contributed by atoms with Gasteiger partial charge in [0.05, 0.1) is 6.54 Å². The largest absolute Gasteiger partial charge is 0.368 e. The summed E-state index contributed by atoms with van der Waals surface area (Å²) >= 11 is 0. The number of nitrogens with two attached hydrogens (primary N) is 2. The lowest BCUT2D eigenvalue weighted by molar-refractivity contribution is -0.126. The third kappa shape index (κ3) is 8.15. The van der Waals surface area contributed by atoms with Gasteiger partial charge < -0.3 is 22.1 Å². The van der Waals surface area contributed by atoms with Crippen LogP contribution in [-0.2, 0) is 14.4 Å². The fourth-order valence-corrected chi connectivity index (χ4v) is 1.43. The second-order valence-electron chi connectivity index (χ2n) is 4.67. The zero-order valence-corrected chi connectivity index (χ0v) is 11.6. The van der Waals surface area contributed by atoms with E-state index in [1.807, 2.05) is 13.8 Å². The normalized spacial score (nSPS) is 12.0. The summed E-state index contributed by atoms with van der Waals surface area (Å²) in [5, 5.41) is 5.23. The molecule has 0 saturated heterocycles. The van der Waals surface area contributed by atoms with Crippen molar-refractivity contribution in [3.8, 4) is 0 Å². The molecule has 110 valence electrons. The first-order valence-electron chi connectivity index (χ1n) is 6.45. The van der Waals surface area contributed by atoms with Crippen LogP contribution in [0.25, 0.3) is 0 Å². The third-order valence-corrected chi connectivity index (χ3v) is 2.61. The highest BCUT2D eigenvalue weighted by Gasteiger charge is 2.16. The van der Waals surface area contributed by atoms with Gasteiger partial charge in [-0.05, 0) is 19.3 Å². The van der Waals surface area contributed by atoms with Gasteiger partial charge in [-0.2, -0.15) is 0 Å². The molecule has 0 aliphatic carbocycles. The molecule has 7 nitrogen and oxygen atoms in total. The molecule has 0 aromatic heterocycles. The Morgan fingerprint density at radius 2 is 1.79 bits per heavy atom. The van der Waals surface area contributed by atoms with E-state index in [1.165, 1.54) is 0 Å². The molecule has 0 radical (unpaired) electrons. The Morgan fingerprint density at radius 1 is 1.16 bits per heavy atom. The van der Waals surface area contributed by atoms with Gasteiger partial charge in [0.15, 0.2) is 0 Å². The maximum atomic E-state index is 11.3. The van der Waals surface area contributed by atoms with E-state index in [0.29, 0.717) is 19.4 Å². The molecule has 0 fully saturated rings. The molecule has 3 amide bonds. The van der Waals surface area contributed by atoms with Crippen LogP contribution >= 0.6 is 0 Å². The van der Waals surface area contributed by atoms with Gasteiger partial charge in [-0.1, -0.05) is 13.8 Å². The third-order valence-electron chi connectivity index (χ3n) is 2.61. The summed E-state index contributed by atoms with van der Waals surface area (Å²) in [5.74, 6) is -1.02. The first-order valence-corrected chi connectivity index (χ1v) is 6.45. The second kappa shape index (κ2) is 9.32. The molecule has 0 rings (SSSR count). The monoisotopic (exact) mass is 272 g/mol. The molecular weight excluding hydrogens is 248 g/mol. The molecule has 0 spiro atoms. The van der Waals surface area contributed by atoms with Gasteiger partial charge in [0.25, 0.3) is 0 Å². The topological polar surface area (TPSA) is 127 Å². The standard InChI is InChI=1S/C12H24N4O3/c1-8(2)12(19)15-6-4-3-5-9(11(14)18)16-10(17)7-13/h8-9H,3-7,13H2,1-2H3,(H2,14,18)(H,15,19)(H,16,17). The van der Waals surface area contributed by atoms with Crippen LogP contribution in [0, 0.1) is 5.92 Å². The van der Waals surface area contributed by atoms with Gasteiger partial charge >= 0.3 is 0 Å². The van der Waals surface area contributed by atoms with Crippen molar-refractivity contribution >= 4 is 17.7 Å². The Balaban J connectivity index is 3.85. The van der Waals surface area contributed by atoms with E-state index in [1.54, 1.807) is 0 Å². The Hall–Kier alpha value is -1.63. The fourth-order valence-electron chi connectivity index (χ4n) is 1.43. The number of hydrogen-bond donors (Lipinski definition) is 4. The number of primary amides is 1. The maximum absolute atomic E-state index is 11.3. The summed E-state index contributed by atoms with van der Waals surface area (Å²) in [4.78, 5) is 33.5. The number of unbranched alkanes of at least 4 members (excludes halogenated alkanes) is 1. The van der Waals surface area contributed by atoms with Crippen LogP contribution in [0.15, 0.2) is 0 Å². The van der Waals surface area contributed by atoms with Crippen LogP contribution in [-0.4, -0.2) is 36.9 Å². The van der Waals surface area contributed by atoms with E-state index >= 15 is 0 Å². The van der Waals surface area contributed by atoms with E-state index in [-0.39, 0.29) is 18.4 Å². The van der Waals surface area contributed by atoms with Crippen molar-refractivity contribution in [1.82, 2.24) is 10.6 Å². The highest BCUT2D eigenvalue weighted by molar-refractivity contribution is 5.87. The predicted octanol–water partition coefficient (Wildman–Crippen LogP) is -1.14. The van der Waals surface area contributed by atoms with E-state index in [0.717, 1.165) is 6.42 Å². The van der Waals surface area contributed by atoms with Gasteiger partial charge in [0, 0.05) is 12.5 Å². The van der Waals surface area contributed by atoms with Crippen LogP contribution in [0.3, 0.4) is 0 Å². The van der Waals surface area contributed by atoms with Crippen molar-refractivity contribution in [2.24, 2.45) is 17.4 Å². The summed E-state index contributed by atoms with van der Waals surface area (Å²) in [6.07, 6.45) is 1.84. The lowest BCUT2D eigenvalue weighted by Crippen LogP contribution is -2.46. The predicted molar refractivity (Wildman–Crippen MR) is 71.9 cm³/mol. The van der Waals surface area contributed by atoms with Gasteiger partial charge in [-0.3, -0.25) is 14.4 Å². The minimum Gasteiger partial charge on any atom is -0.368 e. The second-order valence-corrected chi connectivity index (χ2v) is 4.67. The smallest absolute Gasteiger partial charge is 0.240 e. The van der Waals surface area contributed by atoms with Crippen LogP contribution in [0.2, 0.25) is 0 Å². The average molecular weight is 272 g/mol. The Morgan fingerprint density at radius 3 is 2.26 bits per heavy atom. The lowest BCUT2D eigenvalue weighted by Gasteiger charge is -2.15. The molecule has 0 bridgehead atoms. The van der Waals surface area contributed by atoms with Crippen LogP contribution in [0.4, 0.5) is 0 Å². The van der Waals surface area contributed by atoms with Crippen molar-refractivity contribution < 1.29 is 14.4 Å². The molecule has 0 aliphatic heterocycles. The van der Waals surface area contributed by atoms with E-state index in [2.05, 4.69) is 10.6 Å². The van der Waals surface area contributed by atoms with Crippen LogP contribution < -0.4 is 22.1 Å². The van der Waals surface area contributed by atoms with Crippen LogP contribution in [0.5, 0.6) is 0 Å². The first kappa shape index (κ1) is 17.4. The maximum Gasteiger partial charge on any atom is 0.240 e. The van der Waals surface area contributed by atoms with Crippen LogP contribution in [0.1, 0.15) is 33.1 Å². The van der Waals surface area contributed by atoms with Gasteiger partial charge in [-0.15, -0.1) is 0 Å². The number of nitrogens with one attached hydrogen (secondary N) is 2. The summed E-state index contributed by atoms with van der Waals surface area (Å²) in [6, 6.07) is -0.697. The molecule has 0 heterocycles. The van der Waals surface area contributed by atoms with Crippen molar-refractivity contribution in [2.45, 2.75) is 39.2 Å². The number of rotatable bonds is 9. The summed E-state index contributed by atoms with van der Waals surface area (Å²) in [5.41, 5.74) is 10.3. The SMILES string of the molecule is CC(C)C(=O)NCCCCC(NC(=O)CN)C(N)=O. The minimum absolute atomic E-state index is 0.00267. The summed E-state index contributed by atoms with van der Waals surface area (Å²) < 4.78 is 0. The van der Waals surface area contributed by atoms with Gasteiger partial charge in [-0.25, -0.2) is 0 Å². The van der Waals surface area contributed by atoms with E-state index < -0.39 is 17.9 Å². The van der Waals surface area contributed by atoms with E-state index in [4.69, 9.17) is 11.5 Å². The van der Waals surface area contributed by atoms with Gasteiger partial charge in [0.1, 0.15) is 6.04 Å². The molecule has 1 unspecified atom stereocenters. The van der Waals surface area contributed by atoms with E-state index in [9.17, 15) is 14.4 Å². The Kier molecular flexibility index (Phi) is 8.52. The highest BCUT2D eigenvalue weighted by atomic mass is 16.2. The Bertz CT molecular complexity index is 318. The first-order chi connectivity index (χ1) is 8.88. The lowest BCUT2D eigenvalue weighted by atomic mass is 10.1. The molecule has 0 aromatic carbocycles. The molecular formula is C12H24N4O3. The summed E-state index contributed by atoms with van der Waals surface area (Å²) in [7, 11) is 0. The highest BCUT2D eigenvalue weighted by Crippen LogP contribution is 2.01. The molecule has 7 heteroatoms. The van der Waals surface area contributed by atoms with Crippen molar-refractivity contribution in [3.63, 3.8) is 0 Å². The zero-order valence-electron chi connectivity index (χ0n) is 11.6. The molecule has 0 saturated carbocycles. The fraction of sp³-hybridized carbons (Fsp3) is 0.750. The number of hydrogen-bond acceptors (Lipinski definition) is 4. The van der Waals surface area contributed by atoms with Crippen molar-refractivity contribution in [1.29, 1.82) is 0 Å². The molecule has 0 aromatic rings. The quantitative estimate of drug-likeness (QED) is 0.395. The number of carbonyl (C=O) groups is 3. The Labute approximate surface area is 113 Å². The zero-order chi connectivity index (χ0) is 14.8. The molecule has 1 atom stereocenters. The van der Waals surface area contributed by atoms with Crippen molar-refractivity contribution in [3.05, 3.63) is 0 Å². The molecule has 0 aliphatic rings. The summed E-state index contributed by atoms with van der Waals surface area (Å²) in [6.45, 7) is 4.02. The number of carbonyl (C=O) groups excluding carboxylic acids is 3. The number of amides is 3. The molecule has 6 N–H and O–H groups in total. The molecule has 19 heavy (non-hydrogen) atoms. The minimum atomic E-state index is -0.697. The van der Waals surface area contributed by atoms with Crippen molar-refractivity contribution in [2.75, 3.05) is 13.1 Å².